The summed E-state index contributed by atoms with van der Waals surface area (Å²) in [4.78, 5) is 30.8. The van der Waals surface area contributed by atoms with Crippen LogP contribution in [0.2, 0.25) is 0 Å². The number of benzene rings is 2. The minimum atomic E-state index is -5.14. The molecule has 0 saturated heterocycles. The van der Waals surface area contributed by atoms with Crippen LogP contribution in [0, 0.1) is 17.5 Å². The summed E-state index contributed by atoms with van der Waals surface area (Å²) in [5, 5.41) is -0.203. The fourth-order valence-electron chi connectivity index (χ4n) is 3.50. The van der Waals surface area contributed by atoms with Crippen LogP contribution >= 0.6 is 0 Å². The van der Waals surface area contributed by atoms with E-state index in [1.165, 1.54) is 6.07 Å². The molecule has 2 aromatic heterocycles. The maximum absolute atomic E-state index is 14.5. The van der Waals surface area contributed by atoms with E-state index in [9.17, 15) is 35.9 Å². The lowest BCUT2D eigenvalue weighted by Crippen LogP contribution is -2.17. The van der Waals surface area contributed by atoms with Crippen molar-refractivity contribution in [1.29, 1.82) is 0 Å². The number of nitrogens with two attached hydrogens (primary N) is 1. The van der Waals surface area contributed by atoms with Gasteiger partial charge in [-0.3, -0.25) is 14.6 Å². The van der Waals surface area contributed by atoms with Gasteiger partial charge in [-0.15, -0.1) is 0 Å². The number of nitrogens with one attached hydrogen (secondary N) is 1. The average Bonchev–Trinajstić information content (AvgIpc) is 2.81. The van der Waals surface area contributed by atoms with Gasteiger partial charge in [0.1, 0.15) is 17.3 Å². The van der Waals surface area contributed by atoms with Crippen LogP contribution in [0.15, 0.2) is 47.4 Å². The van der Waals surface area contributed by atoms with Gasteiger partial charge in [0.15, 0.2) is 17.0 Å². The van der Waals surface area contributed by atoms with Crippen molar-refractivity contribution >= 4 is 16.8 Å². The average molecular weight is 509 g/mol. The first-order valence-electron chi connectivity index (χ1n) is 9.85. The fraction of sp³-hybridized carbons (Fsp3) is 0.0870. The Morgan fingerprint density at radius 3 is 2.39 bits per heavy atom. The van der Waals surface area contributed by atoms with Gasteiger partial charge in [0.2, 0.25) is 11.6 Å². The second-order valence-corrected chi connectivity index (χ2v) is 7.31. The molecular formula is C23H13F6N3O4. The van der Waals surface area contributed by atoms with Gasteiger partial charge in [0.25, 0.3) is 5.91 Å². The Kier molecular flexibility index (Phi) is 6.08. The number of carbonyl (C=O) groups is 1. The van der Waals surface area contributed by atoms with E-state index in [1.54, 1.807) is 0 Å². The number of pyridine rings is 2. The van der Waals surface area contributed by atoms with E-state index < -0.39 is 57.8 Å². The van der Waals surface area contributed by atoms with Gasteiger partial charge in [-0.05, 0) is 30.3 Å². The Bertz CT molecular complexity index is 1580. The van der Waals surface area contributed by atoms with Crippen LogP contribution in [-0.2, 0) is 6.18 Å². The van der Waals surface area contributed by atoms with Crippen LogP contribution in [-0.4, -0.2) is 23.0 Å². The second-order valence-electron chi connectivity index (χ2n) is 7.31. The zero-order chi connectivity index (χ0) is 26.4. The SMILES string of the molecule is COc1c(Oc2cc(C(F)(F)F)c(F)cc2-c2cc(=O)c3c(C(N)=O)nccc3[nH]2)ccc(F)c1F. The predicted molar refractivity (Wildman–Crippen MR) is 114 cm³/mol. The summed E-state index contributed by atoms with van der Waals surface area (Å²) < 4.78 is 92.7. The highest BCUT2D eigenvalue weighted by atomic mass is 19.4. The van der Waals surface area contributed by atoms with Crippen LogP contribution in [0.25, 0.3) is 22.2 Å². The molecule has 0 aliphatic heterocycles. The molecule has 186 valence electrons. The fourth-order valence-corrected chi connectivity index (χ4v) is 3.50. The Morgan fingerprint density at radius 2 is 1.75 bits per heavy atom. The van der Waals surface area contributed by atoms with E-state index in [0.29, 0.717) is 18.2 Å². The Morgan fingerprint density at radius 1 is 1.03 bits per heavy atom. The lowest BCUT2D eigenvalue weighted by atomic mass is 10.0. The number of amides is 1. The van der Waals surface area contributed by atoms with Gasteiger partial charge >= 0.3 is 6.18 Å². The lowest BCUT2D eigenvalue weighted by molar-refractivity contribution is -0.140. The number of methoxy groups -OCH3 is 1. The van der Waals surface area contributed by atoms with E-state index >= 15 is 0 Å². The van der Waals surface area contributed by atoms with Gasteiger partial charge in [-0.25, -0.2) is 8.78 Å². The molecule has 0 unspecified atom stereocenters. The number of hydrogen-bond acceptors (Lipinski definition) is 5. The van der Waals surface area contributed by atoms with E-state index in [2.05, 4.69) is 9.97 Å². The quantitative estimate of drug-likeness (QED) is 0.371. The first kappa shape index (κ1) is 24.6. The zero-order valence-corrected chi connectivity index (χ0v) is 18.0. The van der Waals surface area contributed by atoms with E-state index in [1.807, 2.05) is 0 Å². The number of rotatable bonds is 5. The van der Waals surface area contributed by atoms with Crippen molar-refractivity contribution in [2.24, 2.45) is 5.73 Å². The number of fused-ring (bicyclic) bond motifs is 1. The third-order valence-corrected chi connectivity index (χ3v) is 5.08. The molecule has 2 aromatic carbocycles. The van der Waals surface area contributed by atoms with Gasteiger partial charge in [-0.2, -0.15) is 17.6 Å². The number of nitrogens with zero attached hydrogens (tertiary/aromatic N) is 1. The van der Waals surface area contributed by atoms with Crippen molar-refractivity contribution in [2.45, 2.75) is 6.18 Å². The van der Waals surface area contributed by atoms with E-state index in [-0.39, 0.29) is 27.9 Å². The van der Waals surface area contributed by atoms with Crippen molar-refractivity contribution in [3.05, 3.63) is 81.5 Å². The Labute approximate surface area is 197 Å². The van der Waals surface area contributed by atoms with E-state index in [4.69, 9.17) is 15.2 Å². The number of H-pyrrole nitrogens is 1. The molecule has 0 spiro atoms. The largest absolute Gasteiger partial charge is 0.490 e. The molecule has 0 bridgehead atoms. The topological polar surface area (TPSA) is 107 Å². The third kappa shape index (κ3) is 4.30. The summed E-state index contributed by atoms with van der Waals surface area (Å²) in [6.07, 6.45) is -3.99. The number of aromatic amines is 1. The first-order valence-corrected chi connectivity index (χ1v) is 9.85. The highest BCUT2D eigenvalue weighted by molar-refractivity contribution is 6.03. The summed E-state index contributed by atoms with van der Waals surface area (Å²) >= 11 is 0. The highest BCUT2D eigenvalue weighted by Gasteiger charge is 2.36. The molecule has 7 nitrogen and oxygen atoms in total. The molecule has 3 N–H and O–H groups in total. The van der Waals surface area contributed by atoms with Crippen LogP contribution in [0.5, 0.6) is 17.2 Å². The summed E-state index contributed by atoms with van der Waals surface area (Å²) in [5.41, 5.74) is 1.75. The predicted octanol–water partition coefficient (Wildman–Crippen LogP) is 4.93. The van der Waals surface area contributed by atoms with Gasteiger partial charge in [-0.1, -0.05) is 0 Å². The number of primary amides is 1. The monoisotopic (exact) mass is 509 g/mol. The van der Waals surface area contributed by atoms with Crippen molar-refractivity contribution < 1.29 is 40.6 Å². The highest BCUT2D eigenvalue weighted by Crippen LogP contribution is 2.43. The van der Waals surface area contributed by atoms with Crippen molar-refractivity contribution in [3.63, 3.8) is 0 Å². The minimum Gasteiger partial charge on any atom is -0.490 e. The van der Waals surface area contributed by atoms with Gasteiger partial charge in [0, 0.05) is 17.8 Å². The van der Waals surface area contributed by atoms with Gasteiger partial charge < -0.3 is 20.2 Å². The maximum Gasteiger partial charge on any atom is 0.419 e. The number of carbonyl (C=O) groups excluding carboxylic acids is 1. The molecular weight excluding hydrogens is 496 g/mol. The number of ether oxygens (including phenoxy) is 2. The number of aromatic nitrogens is 2. The van der Waals surface area contributed by atoms with Crippen LogP contribution < -0.4 is 20.6 Å². The summed E-state index contributed by atoms with van der Waals surface area (Å²) in [5.74, 6) is -7.45. The molecule has 36 heavy (non-hydrogen) atoms. The standard InChI is InChI=1S/C23H13F6N3O4/c1-35-21-16(3-2-11(24)19(21)26)36-17-7-10(23(27,28)29)12(25)6-9(17)14-8-15(33)18-13(32-14)4-5-31-20(18)22(30)34/h2-8H,1H3,(H2,30,34)(H,32,33). The van der Waals surface area contributed by atoms with Gasteiger partial charge in [0.05, 0.1) is 29.3 Å². The number of halogens is 6. The van der Waals surface area contributed by atoms with Crippen molar-refractivity contribution in [3.8, 4) is 28.5 Å². The lowest BCUT2D eigenvalue weighted by Gasteiger charge is -2.17. The molecule has 0 aliphatic carbocycles. The number of alkyl halides is 3. The number of hydrogen-bond donors (Lipinski definition) is 2. The molecule has 0 aliphatic rings. The van der Waals surface area contributed by atoms with Crippen molar-refractivity contribution in [2.75, 3.05) is 7.11 Å². The minimum absolute atomic E-state index is 0.0120. The normalized spacial score (nSPS) is 11.5. The van der Waals surface area contributed by atoms with Crippen LogP contribution in [0.1, 0.15) is 16.1 Å². The third-order valence-electron chi connectivity index (χ3n) is 5.08. The summed E-state index contributed by atoms with van der Waals surface area (Å²) in [7, 11) is 0.975. The van der Waals surface area contributed by atoms with Crippen molar-refractivity contribution in [1.82, 2.24) is 9.97 Å². The van der Waals surface area contributed by atoms with Crippen LogP contribution in [0.3, 0.4) is 0 Å². The second kappa shape index (κ2) is 8.91. The summed E-state index contributed by atoms with van der Waals surface area (Å²) in [6, 6.07) is 4.45. The summed E-state index contributed by atoms with van der Waals surface area (Å²) in [6.45, 7) is 0. The smallest absolute Gasteiger partial charge is 0.419 e. The Hall–Kier alpha value is -4.55. The molecule has 4 rings (SSSR count). The molecule has 0 radical (unpaired) electrons. The van der Waals surface area contributed by atoms with E-state index in [0.717, 1.165) is 25.4 Å². The first-order chi connectivity index (χ1) is 16.9. The molecule has 13 heteroatoms. The molecule has 4 aromatic rings. The molecule has 2 heterocycles. The maximum atomic E-state index is 14.5. The molecule has 0 fully saturated rings. The zero-order valence-electron chi connectivity index (χ0n) is 18.0. The molecule has 0 atom stereocenters. The molecule has 0 saturated carbocycles. The molecule has 1 amide bonds. The van der Waals surface area contributed by atoms with Crippen LogP contribution in [0.4, 0.5) is 26.3 Å². The Balaban J connectivity index is 1.99.